The van der Waals surface area contributed by atoms with E-state index in [1.807, 2.05) is 0 Å². The van der Waals surface area contributed by atoms with Crippen LogP contribution in [0.25, 0.3) is 11.0 Å². The number of ether oxygens (including phenoxy) is 3. The summed E-state index contributed by atoms with van der Waals surface area (Å²) in [6.45, 7) is 8.15. The van der Waals surface area contributed by atoms with Gasteiger partial charge in [-0.15, -0.1) is 0 Å². The number of nitrogens with two attached hydrogens (primary N) is 2. The fourth-order valence-electron chi connectivity index (χ4n) is 11.2. The van der Waals surface area contributed by atoms with Crippen molar-refractivity contribution in [2.24, 2.45) is 17.6 Å². The highest BCUT2D eigenvalue weighted by Crippen LogP contribution is 2.57. The molecule has 1 spiro atoms. The summed E-state index contributed by atoms with van der Waals surface area (Å²) >= 11 is 0. The molecule has 5 atom stereocenters. The molecule has 1 unspecified atom stereocenters. The number of primary amides is 1. The normalized spacial score (nSPS) is 16.3. The van der Waals surface area contributed by atoms with Crippen molar-refractivity contribution in [1.82, 2.24) is 42.1 Å². The summed E-state index contributed by atoms with van der Waals surface area (Å²) in [6, 6.07) is 16.9. The van der Waals surface area contributed by atoms with E-state index in [2.05, 4.69) is 37.2 Å². The highest BCUT2D eigenvalue weighted by molar-refractivity contribution is 5.98. The van der Waals surface area contributed by atoms with Crippen molar-refractivity contribution >= 4 is 76.0 Å². The SMILES string of the molecule is Cc1c(CC(=O)NCC(=O)N[C@H](C(=O)N2CCC[C@H]2C(=O)NCC(=O)N[C@H](C(=O)N[C@@H](CCCCNC(=O)CCCCCNC(=O)Oc2ccc3c(c2)Oc2cc(O)ccc2C32OC(=O)c3ccccc32)C(N)=O)C(C)C)C(C)C)c(=O)oc2cc(N)ccc12. The van der Waals surface area contributed by atoms with Gasteiger partial charge in [-0.2, -0.15) is 0 Å². The van der Waals surface area contributed by atoms with Crippen LogP contribution >= 0.6 is 0 Å². The molecule has 26 nitrogen and oxygen atoms in total. The summed E-state index contributed by atoms with van der Waals surface area (Å²) < 4.78 is 23.1. The molecule has 4 aromatic carbocycles. The first-order valence-corrected chi connectivity index (χ1v) is 30.0. The molecular formula is C64H76N10O16. The molecule has 1 aromatic heterocycles. The molecule has 26 heteroatoms. The summed E-state index contributed by atoms with van der Waals surface area (Å²) in [5.41, 5.74) is 12.8. The fourth-order valence-corrected chi connectivity index (χ4v) is 11.2. The minimum absolute atomic E-state index is 0.0549. The number of unbranched alkanes of at least 4 members (excludes halogenated alkanes) is 3. The van der Waals surface area contributed by atoms with E-state index in [1.54, 1.807) is 89.2 Å². The Morgan fingerprint density at radius 3 is 2.13 bits per heavy atom. The topological polar surface area (TPSA) is 388 Å². The molecule has 8 rings (SSSR count). The molecule has 12 N–H and O–H groups in total. The Balaban J connectivity index is 0.696. The van der Waals surface area contributed by atoms with Gasteiger partial charge < -0.3 is 77.3 Å². The first kappa shape index (κ1) is 66.0. The molecule has 0 radical (unpaired) electrons. The van der Waals surface area contributed by atoms with E-state index in [4.69, 9.17) is 30.1 Å². The van der Waals surface area contributed by atoms with Crippen LogP contribution in [0.15, 0.2) is 88.1 Å². The number of phenolic OH excluding ortho intramolecular Hbond substituents is 1. The van der Waals surface area contributed by atoms with Crippen LogP contribution in [0.3, 0.4) is 0 Å². The van der Waals surface area contributed by atoms with Crippen molar-refractivity contribution < 1.29 is 71.7 Å². The Morgan fingerprint density at radius 1 is 0.722 bits per heavy atom. The first-order valence-electron chi connectivity index (χ1n) is 30.0. The standard InChI is InChI=1S/C64H76N10O16/c1-34(2)55(72-54(79)33-70-58(81)47-17-13-27-74(47)60(83)56(35(3)4)73-53(78)32-69-52(77)31-42-36(5)40-22-19-37(65)28-48(40)89-61(42)84)59(82)71-46(57(66)80)16-10-12-25-67-51(76)18-7-6-11-26-68-63(86)87-39-21-24-45-50(30-39)88-49-29-38(75)20-23-44(49)64(45)43-15-9-8-14-41(43)62(85)90-64/h8-9,14-15,19-24,28-30,34-35,46-47,55-56,75H,6-7,10-13,16-18,25-27,31-33,65H2,1-5H3,(H2,66,80)(H,67,76)(H,68,86)(H,69,77)(H,70,81)(H,71,82)(H,72,79)(H,73,78)/t46-,47-,55-,56-,64?/m0/s1. The van der Waals surface area contributed by atoms with Gasteiger partial charge in [-0.1, -0.05) is 52.3 Å². The number of nitrogen functional groups attached to an aromatic ring is 1. The van der Waals surface area contributed by atoms with Crippen LogP contribution in [0, 0.1) is 18.8 Å². The number of likely N-dealkylation sites (tertiary alicyclic amines) is 1. The molecule has 0 saturated carbocycles. The predicted molar refractivity (Wildman–Crippen MR) is 326 cm³/mol. The number of carbonyl (C=O) groups is 10. The number of aryl methyl sites for hydroxylation is 1. The maximum absolute atomic E-state index is 13.9. The zero-order valence-electron chi connectivity index (χ0n) is 50.7. The molecule has 478 valence electrons. The Morgan fingerprint density at radius 2 is 1.40 bits per heavy atom. The summed E-state index contributed by atoms with van der Waals surface area (Å²) in [5.74, 6) is -5.65. The zero-order chi connectivity index (χ0) is 65.0. The summed E-state index contributed by atoms with van der Waals surface area (Å²) in [5, 5.41) is 29.3. The lowest BCUT2D eigenvalue weighted by Gasteiger charge is -2.36. The number of hydrogen-bond donors (Lipinski definition) is 10. The molecule has 9 amide bonds. The largest absolute Gasteiger partial charge is 0.508 e. The highest BCUT2D eigenvalue weighted by atomic mass is 16.6. The van der Waals surface area contributed by atoms with Crippen molar-refractivity contribution in [3.8, 4) is 23.0 Å². The van der Waals surface area contributed by atoms with Gasteiger partial charge in [0.2, 0.25) is 47.3 Å². The summed E-state index contributed by atoms with van der Waals surface area (Å²) in [6.07, 6.45) is 2.61. The number of aromatic hydroxyl groups is 1. The number of benzene rings is 4. The minimum Gasteiger partial charge on any atom is -0.508 e. The van der Waals surface area contributed by atoms with Crippen molar-refractivity contribution in [2.45, 2.75) is 129 Å². The number of esters is 1. The third-order valence-electron chi connectivity index (χ3n) is 16.0. The first-order chi connectivity index (χ1) is 42.9. The molecule has 1 saturated heterocycles. The molecule has 5 aromatic rings. The van der Waals surface area contributed by atoms with E-state index in [0.29, 0.717) is 84.0 Å². The Labute approximate surface area is 518 Å². The average molecular weight is 1240 g/mol. The van der Waals surface area contributed by atoms with E-state index in [-0.39, 0.29) is 78.8 Å². The maximum Gasteiger partial charge on any atom is 0.412 e. The van der Waals surface area contributed by atoms with Crippen LogP contribution in [-0.2, 0) is 55.1 Å². The fraction of sp³-hybridized carbons (Fsp3) is 0.422. The van der Waals surface area contributed by atoms with Gasteiger partial charge in [0.15, 0.2) is 5.60 Å². The van der Waals surface area contributed by atoms with Gasteiger partial charge in [-0.3, -0.25) is 38.4 Å². The molecule has 90 heavy (non-hydrogen) atoms. The Bertz CT molecular complexity index is 3660. The van der Waals surface area contributed by atoms with E-state index in [9.17, 15) is 57.8 Å². The van der Waals surface area contributed by atoms with Crippen LogP contribution in [0.4, 0.5) is 10.5 Å². The molecule has 4 heterocycles. The molecule has 3 aliphatic heterocycles. The maximum atomic E-state index is 13.9. The monoisotopic (exact) mass is 1240 g/mol. The van der Waals surface area contributed by atoms with Gasteiger partial charge in [0.25, 0.3) is 0 Å². The Hall–Kier alpha value is -10.0. The van der Waals surface area contributed by atoms with Crippen LogP contribution in [-0.4, -0.2) is 126 Å². The lowest BCUT2D eigenvalue weighted by molar-refractivity contribution is -0.142. The van der Waals surface area contributed by atoms with Crippen LogP contribution in [0.5, 0.6) is 23.0 Å². The Kier molecular flexibility index (Phi) is 21.5. The number of carbonyl (C=O) groups excluding carboxylic acids is 10. The van der Waals surface area contributed by atoms with Gasteiger partial charge >= 0.3 is 17.7 Å². The quantitative estimate of drug-likeness (QED) is 0.0155. The third kappa shape index (κ3) is 15.6. The van der Waals surface area contributed by atoms with Crippen molar-refractivity contribution in [2.75, 3.05) is 38.5 Å². The van der Waals surface area contributed by atoms with Crippen molar-refractivity contribution in [1.29, 1.82) is 0 Å². The second kappa shape index (κ2) is 29.3. The molecule has 0 aliphatic carbocycles. The second-order valence-electron chi connectivity index (χ2n) is 23.2. The van der Waals surface area contributed by atoms with Gasteiger partial charge in [0.1, 0.15) is 52.7 Å². The van der Waals surface area contributed by atoms with Crippen LogP contribution in [0.2, 0.25) is 0 Å². The highest BCUT2D eigenvalue weighted by Gasteiger charge is 2.53. The molecule has 1 fully saturated rings. The second-order valence-corrected chi connectivity index (χ2v) is 23.2. The van der Waals surface area contributed by atoms with Crippen LogP contribution in [0.1, 0.15) is 124 Å². The zero-order valence-corrected chi connectivity index (χ0v) is 50.7. The van der Waals surface area contributed by atoms with Gasteiger partial charge in [0, 0.05) is 72.0 Å². The minimum atomic E-state index is -1.35. The van der Waals surface area contributed by atoms with Crippen LogP contribution < -0.4 is 63.8 Å². The number of hydrogen-bond acceptors (Lipinski definition) is 17. The van der Waals surface area contributed by atoms with Gasteiger partial charge in [0.05, 0.1) is 30.6 Å². The molecular weight excluding hydrogens is 1160 g/mol. The average Bonchev–Trinajstić information content (AvgIpc) is 1.44. The van der Waals surface area contributed by atoms with Crippen molar-refractivity contribution in [3.63, 3.8) is 0 Å². The lowest BCUT2D eigenvalue weighted by Crippen LogP contribution is -2.57. The molecule has 3 aliphatic rings. The lowest BCUT2D eigenvalue weighted by atomic mass is 9.77. The van der Waals surface area contributed by atoms with E-state index >= 15 is 0 Å². The van der Waals surface area contributed by atoms with Gasteiger partial charge in [-0.25, -0.2) is 14.4 Å². The third-order valence-corrected chi connectivity index (χ3v) is 16.0. The van der Waals surface area contributed by atoms with Gasteiger partial charge in [-0.05, 0) is 112 Å². The van der Waals surface area contributed by atoms with E-state index in [0.717, 1.165) is 0 Å². The smallest absolute Gasteiger partial charge is 0.412 e. The number of fused-ring (bicyclic) bond motifs is 7. The number of anilines is 1. The number of phenols is 1. The summed E-state index contributed by atoms with van der Waals surface area (Å²) in [7, 11) is 0. The number of nitrogens with zero attached hydrogens (tertiary/aromatic N) is 1. The van der Waals surface area contributed by atoms with Crippen molar-refractivity contribution in [3.05, 3.63) is 123 Å². The van der Waals surface area contributed by atoms with E-state index < -0.39 is 114 Å². The molecule has 0 bridgehead atoms. The number of rotatable bonds is 27. The summed E-state index contributed by atoms with van der Waals surface area (Å²) in [4.78, 5) is 145. The predicted octanol–water partition coefficient (Wildman–Crippen LogP) is 3.61. The van der Waals surface area contributed by atoms with E-state index in [1.165, 1.54) is 29.2 Å². The number of amides is 9. The number of nitrogens with one attached hydrogen (secondary N) is 7.